The molecule has 1 unspecified atom stereocenters. The minimum absolute atomic E-state index is 0.260. The van der Waals surface area contributed by atoms with Crippen molar-refractivity contribution in [2.45, 2.75) is 32.7 Å². The fourth-order valence-electron chi connectivity index (χ4n) is 1.63. The second-order valence-corrected chi connectivity index (χ2v) is 3.90. The van der Waals surface area contributed by atoms with E-state index in [1.54, 1.807) is 19.5 Å². The molecule has 1 atom stereocenters. The van der Waals surface area contributed by atoms with Crippen molar-refractivity contribution >= 4 is 0 Å². The van der Waals surface area contributed by atoms with Gasteiger partial charge in [-0.3, -0.25) is 9.97 Å². The Hall–Kier alpha value is -1.00. The summed E-state index contributed by atoms with van der Waals surface area (Å²) in [6, 6.07) is 0.260. The van der Waals surface area contributed by atoms with Crippen LogP contribution in [0.1, 0.15) is 37.2 Å². The molecule has 1 aromatic heterocycles. The van der Waals surface area contributed by atoms with Gasteiger partial charge in [-0.1, -0.05) is 0 Å². The van der Waals surface area contributed by atoms with Crippen molar-refractivity contribution in [1.29, 1.82) is 0 Å². The number of unbranched alkanes of at least 4 members (excludes halogenated alkanes) is 1. The number of hydrogen-bond acceptors (Lipinski definition) is 4. The van der Waals surface area contributed by atoms with E-state index in [2.05, 4.69) is 22.2 Å². The molecule has 0 radical (unpaired) electrons. The molecule has 0 bridgehead atoms. The maximum Gasteiger partial charge on any atom is 0.0782 e. The molecule has 0 aliphatic rings. The van der Waals surface area contributed by atoms with Gasteiger partial charge in [-0.25, -0.2) is 0 Å². The second-order valence-electron chi connectivity index (χ2n) is 3.90. The zero-order chi connectivity index (χ0) is 11.8. The van der Waals surface area contributed by atoms with E-state index in [0.717, 1.165) is 37.4 Å². The van der Waals surface area contributed by atoms with Crippen molar-refractivity contribution in [2.24, 2.45) is 0 Å². The SMILES string of the molecule is COCCCCNC(C)c1nccnc1C. The summed E-state index contributed by atoms with van der Waals surface area (Å²) in [6.45, 7) is 5.93. The van der Waals surface area contributed by atoms with Gasteiger partial charge in [0, 0.05) is 32.2 Å². The van der Waals surface area contributed by atoms with Gasteiger partial charge in [0.05, 0.1) is 11.4 Å². The zero-order valence-electron chi connectivity index (χ0n) is 10.4. The van der Waals surface area contributed by atoms with E-state index in [4.69, 9.17) is 4.74 Å². The molecule has 1 heterocycles. The average molecular weight is 223 g/mol. The predicted octanol–water partition coefficient (Wildman–Crippen LogP) is 1.86. The van der Waals surface area contributed by atoms with Gasteiger partial charge in [0.15, 0.2) is 0 Å². The summed E-state index contributed by atoms with van der Waals surface area (Å²) in [5.41, 5.74) is 2.04. The Labute approximate surface area is 97.5 Å². The molecule has 16 heavy (non-hydrogen) atoms. The lowest BCUT2D eigenvalue weighted by Gasteiger charge is -2.14. The number of methoxy groups -OCH3 is 1. The third-order valence-corrected chi connectivity index (χ3v) is 2.56. The second kappa shape index (κ2) is 7.30. The Morgan fingerprint density at radius 1 is 1.31 bits per heavy atom. The molecule has 4 heteroatoms. The molecule has 0 saturated carbocycles. The lowest BCUT2D eigenvalue weighted by atomic mass is 10.2. The molecule has 1 rings (SSSR count). The van der Waals surface area contributed by atoms with E-state index in [0.29, 0.717) is 0 Å². The summed E-state index contributed by atoms with van der Waals surface area (Å²) in [4.78, 5) is 8.58. The van der Waals surface area contributed by atoms with Crippen LogP contribution in [0.15, 0.2) is 12.4 Å². The van der Waals surface area contributed by atoms with Crippen LogP contribution in [-0.2, 0) is 4.74 Å². The maximum absolute atomic E-state index is 5.00. The molecule has 0 saturated heterocycles. The molecule has 0 aromatic carbocycles. The van der Waals surface area contributed by atoms with E-state index in [9.17, 15) is 0 Å². The van der Waals surface area contributed by atoms with Crippen LogP contribution in [0.4, 0.5) is 0 Å². The monoisotopic (exact) mass is 223 g/mol. The lowest BCUT2D eigenvalue weighted by molar-refractivity contribution is 0.192. The Morgan fingerprint density at radius 3 is 2.75 bits per heavy atom. The molecule has 1 N–H and O–H groups in total. The molecular weight excluding hydrogens is 202 g/mol. The Kier molecular flexibility index (Phi) is 5.96. The Bertz CT molecular complexity index is 304. The summed E-state index contributed by atoms with van der Waals surface area (Å²) in [7, 11) is 1.74. The van der Waals surface area contributed by atoms with Crippen LogP contribution in [0, 0.1) is 6.92 Å². The fourth-order valence-corrected chi connectivity index (χ4v) is 1.63. The van der Waals surface area contributed by atoms with Gasteiger partial charge >= 0.3 is 0 Å². The van der Waals surface area contributed by atoms with Crippen LogP contribution in [0.25, 0.3) is 0 Å². The van der Waals surface area contributed by atoms with Crippen LogP contribution >= 0.6 is 0 Å². The lowest BCUT2D eigenvalue weighted by Crippen LogP contribution is -2.22. The molecule has 0 aliphatic heterocycles. The molecule has 0 fully saturated rings. The van der Waals surface area contributed by atoms with Crippen molar-refractivity contribution in [3.63, 3.8) is 0 Å². The zero-order valence-corrected chi connectivity index (χ0v) is 10.4. The van der Waals surface area contributed by atoms with Crippen molar-refractivity contribution in [2.75, 3.05) is 20.3 Å². The average Bonchev–Trinajstić information content (AvgIpc) is 2.29. The number of hydrogen-bond donors (Lipinski definition) is 1. The first-order valence-electron chi connectivity index (χ1n) is 5.75. The van der Waals surface area contributed by atoms with Gasteiger partial charge in [-0.05, 0) is 33.2 Å². The summed E-state index contributed by atoms with van der Waals surface area (Å²) in [5, 5.41) is 3.44. The molecule has 0 aliphatic carbocycles. The van der Waals surface area contributed by atoms with E-state index >= 15 is 0 Å². The smallest absolute Gasteiger partial charge is 0.0782 e. The van der Waals surface area contributed by atoms with E-state index in [1.807, 2.05) is 6.92 Å². The Balaban J connectivity index is 2.30. The maximum atomic E-state index is 5.00. The van der Waals surface area contributed by atoms with Crippen LogP contribution in [0.3, 0.4) is 0 Å². The normalized spacial score (nSPS) is 12.7. The van der Waals surface area contributed by atoms with Crippen LogP contribution in [0.5, 0.6) is 0 Å². The van der Waals surface area contributed by atoms with Crippen LogP contribution in [0.2, 0.25) is 0 Å². The van der Waals surface area contributed by atoms with Gasteiger partial charge in [0.1, 0.15) is 0 Å². The highest BCUT2D eigenvalue weighted by molar-refractivity contribution is 5.12. The van der Waals surface area contributed by atoms with E-state index in [-0.39, 0.29) is 6.04 Å². The van der Waals surface area contributed by atoms with Gasteiger partial charge in [0.2, 0.25) is 0 Å². The third kappa shape index (κ3) is 4.24. The van der Waals surface area contributed by atoms with E-state index in [1.165, 1.54) is 0 Å². The summed E-state index contributed by atoms with van der Waals surface area (Å²) in [5.74, 6) is 0. The van der Waals surface area contributed by atoms with Crippen molar-refractivity contribution < 1.29 is 4.74 Å². The number of rotatable bonds is 7. The highest BCUT2D eigenvalue weighted by Crippen LogP contribution is 2.11. The standard InChI is InChI=1S/C12H21N3O/c1-10(13-6-4-5-9-16-3)12-11(2)14-7-8-15-12/h7-8,10,13H,4-6,9H2,1-3H3. The van der Waals surface area contributed by atoms with Gasteiger partial charge in [0.25, 0.3) is 0 Å². The van der Waals surface area contributed by atoms with E-state index < -0.39 is 0 Å². The number of aryl methyl sites for hydroxylation is 1. The van der Waals surface area contributed by atoms with Crippen LogP contribution < -0.4 is 5.32 Å². The Morgan fingerprint density at radius 2 is 2.06 bits per heavy atom. The van der Waals surface area contributed by atoms with Crippen molar-refractivity contribution in [3.05, 3.63) is 23.8 Å². The molecule has 90 valence electrons. The van der Waals surface area contributed by atoms with Crippen molar-refractivity contribution in [1.82, 2.24) is 15.3 Å². The minimum Gasteiger partial charge on any atom is -0.385 e. The number of nitrogens with one attached hydrogen (secondary N) is 1. The quantitative estimate of drug-likeness (QED) is 0.717. The number of nitrogens with zero attached hydrogens (tertiary/aromatic N) is 2. The topological polar surface area (TPSA) is 47.0 Å². The fraction of sp³-hybridized carbons (Fsp3) is 0.667. The third-order valence-electron chi connectivity index (χ3n) is 2.56. The highest BCUT2D eigenvalue weighted by Gasteiger charge is 2.08. The molecule has 0 amide bonds. The summed E-state index contributed by atoms with van der Waals surface area (Å²) < 4.78 is 5.00. The minimum atomic E-state index is 0.260. The number of ether oxygens (including phenoxy) is 1. The summed E-state index contributed by atoms with van der Waals surface area (Å²) in [6.07, 6.45) is 5.68. The first-order chi connectivity index (χ1) is 7.75. The number of aromatic nitrogens is 2. The predicted molar refractivity (Wildman–Crippen MR) is 64.3 cm³/mol. The summed E-state index contributed by atoms with van der Waals surface area (Å²) >= 11 is 0. The van der Waals surface area contributed by atoms with Crippen molar-refractivity contribution in [3.8, 4) is 0 Å². The first kappa shape index (κ1) is 13.1. The molecule has 4 nitrogen and oxygen atoms in total. The largest absolute Gasteiger partial charge is 0.385 e. The van der Waals surface area contributed by atoms with Gasteiger partial charge in [-0.2, -0.15) is 0 Å². The first-order valence-corrected chi connectivity index (χ1v) is 5.75. The molecule has 0 spiro atoms. The van der Waals surface area contributed by atoms with Gasteiger partial charge < -0.3 is 10.1 Å². The molecule has 1 aromatic rings. The van der Waals surface area contributed by atoms with Crippen LogP contribution in [-0.4, -0.2) is 30.2 Å². The highest BCUT2D eigenvalue weighted by atomic mass is 16.5. The molecular formula is C12H21N3O. The van der Waals surface area contributed by atoms with Gasteiger partial charge in [-0.15, -0.1) is 0 Å².